The van der Waals surface area contributed by atoms with E-state index in [-0.39, 0.29) is 43.3 Å². The number of nitrogens with one attached hydrogen (secondary N) is 1. The molecule has 0 unspecified atom stereocenters. The lowest BCUT2D eigenvalue weighted by Crippen LogP contribution is -2.45. The molecule has 0 aliphatic carbocycles. The summed E-state index contributed by atoms with van der Waals surface area (Å²) in [7, 11) is 1.54. The number of Topliss-reactive ketones (excluding diaryl/α,β-unsaturated/α-hetero) is 1. The molecule has 0 aromatic heterocycles. The number of anilines is 1. The molecule has 0 fully saturated rings. The monoisotopic (exact) mass is 440 g/mol. The van der Waals surface area contributed by atoms with Crippen molar-refractivity contribution in [2.24, 2.45) is 0 Å². The van der Waals surface area contributed by atoms with Gasteiger partial charge in [-0.05, 0) is 35.7 Å². The van der Waals surface area contributed by atoms with Gasteiger partial charge in [-0.3, -0.25) is 19.3 Å². The van der Waals surface area contributed by atoms with Gasteiger partial charge in [-0.1, -0.05) is 32.0 Å². The van der Waals surface area contributed by atoms with Crippen molar-refractivity contribution in [3.8, 4) is 11.5 Å². The summed E-state index contributed by atoms with van der Waals surface area (Å²) < 4.78 is 16.2. The van der Waals surface area contributed by atoms with Crippen LogP contribution in [0.3, 0.4) is 0 Å². The number of hydrogen-bond donors (Lipinski definition) is 1. The van der Waals surface area contributed by atoms with Gasteiger partial charge < -0.3 is 19.5 Å². The lowest BCUT2D eigenvalue weighted by Gasteiger charge is -2.29. The van der Waals surface area contributed by atoms with Crippen molar-refractivity contribution in [1.29, 1.82) is 0 Å². The van der Waals surface area contributed by atoms with Gasteiger partial charge in [0.05, 0.1) is 12.3 Å². The van der Waals surface area contributed by atoms with Crippen LogP contribution in [0.15, 0.2) is 42.5 Å². The minimum Gasteiger partial charge on any atom is -0.485 e. The van der Waals surface area contributed by atoms with Crippen LogP contribution in [0, 0.1) is 0 Å². The van der Waals surface area contributed by atoms with Gasteiger partial charge in [0, 0.05) is 19.2 Å². The summed E-state index contributed by atoms with van der Waals surface area (Å²) in [6.45, 7) is 4.35. The highest BCUT2D eigenvalue weighted by Gasteiger charge is 2.28. The van der Waals surface area contributed by atoms with Gasteiger partial charge >= 0.3 is 0 Å². The molecule has 0 saturated carbocycles. The van der Waals surface area contributed by atoms with E-state index in [1.54, 1.807) is 18.2 Å². The summed E-state index contributed by atoms with van der Waals surface area (Å²) in [6, 6.07) is 12.4. The second-order valence-corrected chi connectivity index (χ2v) is 7.70. The maximum atomic E-state index is 12.8. The maximum Gasteiger partial charge on any atom is 0.265 e. The molecule has 8 nitrogen and oxygen atoms in total. The molecule has 3 rings (SSSR count). The fourth-order valence-electron chi connectivity index (χ4n) is 3.36. The van der Waals surface area contributed by atoms with Crippen molar-refractivity contribution in [1.82, 2.24) is 5.32 Å². The van der Waals surface area contributed by atoms with Crippen LogP contribution in [-0.2, 0) is 14.3 Å². The summed E-state index contributed by atoms with van der Waals surface area (Å²) >= 11 is 0. The van der Waals surface area contributed by atoms with Crippen LogP contribution in [0.1, 0.15) is 35.7 Å². The molecule has 1 N–H and O–H groups in total. The Kier molecular flexibility index (Phi) is 7.83. The van der Waals surface area contributed by atoms with E-state index in [1.165, 1.54) is 12.0 Å². The lowest BCUT2D eigenvalue weighted by atomic mass is 10.0. The third-order valence-electron chi connectivity index (χ3n) is 5.05. The molecule has 2 aromatic carbocycles. The maximum absolute atomic E-state index is 12.8. The molecule has 1 aliphatic rings. The van der Waals surface area contributed by atoms with Gasteiger partial charge in [0.1, 0.15) is 18.0 Å². The number of para-hydroxylation sites is 1. The first-order valence-corrected chi connectivity index (χ1v) is 10.5. The Morgan fingerprint density at radius 3 is 2.72 bits per heavy atom. The number of fused-ring (bicyclic) bond motifs is 1. The Balaban J connectivity index is 1.73. The van der Waals surface area contributed by atoms with Crippen LogP contribution in [0.25, 0.3) is 0 Å². The molecule has 2 amide bonds. The Morgan fingerprint density at radius 2 is 1.97 bits per heavy atom. The molecule has 1 heterocycles. The normalized spacial score (nSPS) is 12.9. The van der Waals surface area contributed by atoms with Gasteiger partial charge in [-0.2, -0.15) is 0 Å². The fourth-order valence-corrected chi connectivity index (χ4v) is 3.36. The highest BCUT2D eigenvalue weighted by atomic mass is 16.5. The van der Waals surface area contributed by atoms with Crippen molar-refractivity contribution < 1.29 is 28.6 Å². The number of rotatable bonds is 10. The zero-order valence-corrected chi connectivity index (χ0v) is 18.6. The van der Waals surface area contributed by atoms with Crippen molar-refractivity contribution >= 4 is 23.3 Å². The highest BCUT2D eigenvalue weighted by Crippen LogP contribution is 2.33. The number of methoxy groups -OCH3 is 1. The molecule has 2 aromatic rings. The highest BCUT2D eigenvalue weighted by molar-refractivity contribution is 6.04. The van der Waals surface area contributed by atoms with Crippen molar-refractivity contribution in [3.05, 3.63) is 53.6 Å². The third-order valence-corrected chi connectivity index (χ3v) is 5.05. The predicted octanol–water partition coefficient (Wildman–Crippen LogP) is 2.56. The molecule has 0 spiro atoms. The molecular formula is C24H28N2O6. The molecule has 0 atom stereocenters. The van der Waals surface area contributed by atoms with Crippen LogP contribution < -0.4 is 19.7 Å². The van der Waals surface area contributed by atoms with E-state index in [0.29, 0.717) is 35.9 Å². The first kappa shape index (κ1) is 23.3. The Morgan fingerprint density at radius 1 is 1.19 bits per heavy atom. The standard InChI is InChI=1S/C24H28N2O6/c1-16(2)18-6-4-5-7-21(18)31-14-20(27)17-8-9-22-19(12-17)26(24(29)15-32-22)13-23(28)25-10-11-30-3/h4-9,12,16H,10-11,13-15H2,1-3H3,(H,25,28). The fraction of sp³-hybridized carbons (Fsp3) is 0.375. The number of carbonyl (C=O) groups is 3. The van der Waals surface area contributed by atoms with Crippen LogP contribution >= 0.6 is 0 Å². The number of hydrogen-bond acceptors (Lipinski definition) is 6. The lowest BCUT2D eigenvalue weighted by molar-refractivity contribution is -0.125. The molecule has 170 valence electrons. The van der Waals surface area contributed by atoms with E-state index in [2.05, 4.69) is 19.2 Å². The quantitative estimate of drug-likeness (QED) is 0.451. The average Bonchev–Trinajstić information content (AvgIpc) is 2.79. The van der Waals surface area contributed by atoms with E-state index >= 15 is 0 Å². The molecule has 0 radical (unpaired) electrons. The van der Waals surface area contributed by atoms with Crippen molar-refractivity contribution in [2.45, 2.75) is 19.8 Å². The number of ether oxygens (including phenoxy) is 3. The van der Waals surface area contributed by atoms with Gasteiger partial charge in [-0.25, -0.2) is 0 Å². The third kappa shape index (κ3) is 5.64. The van der Waals surface area contributed by atoms with Crippen LogP contribution in [0.4, 0.5) is 5.69 Å². The SMILES string of the molecule is COCCNC(=O)CN1C(=O)COc2ccc(C(=O)COc3ccccc3C(C)C)cc21. The van der Waals surface area contributed by atoms with E-state index < -0.39 is 0 Å². The summed E-state index contributed by atoms with van der Waals surface area (Å²) in [4.78, 5) is 38.8. The zero-order valence-electron chi connectivity index (χ0n) is 18.6. The van der Waals surface area contributed by atoms with E-state index in [0.717, 1.165) is 5.56 Å². The van der Waals surface area contributed by atoms with Crippen LogP contribution in [0.2, 0.25) is 0 Å². The van der Waals surface area contributed by atoms with Crippen molar-refractivity contribution in [3.63, 3.8) is 0 Å². The van der Waals surface area contributed by atoms with E-state index in [1.807, 2.05) is 24.3 Å². The summed E-state index contributed by atoms with van der Waals surface area (Å²) in [5, 5.41) is 2.69. The molecule has 1 aliphatic heterocycles. The summed E-state index contributed by atoms with van der Waals surface area (Å²) in [5.74, 6) is 0.448. The second kappa shape index (κ2) is 10.8. The molecule has 0 bridgehead atoms. The number of benzene rings is 2. The van der Waals surface area contributed by atoms with Crippen molar-refractivity contribution in [2.75, 3.05) is 44.9 Å². The van der Waals surface area contributed by atoms with Gasteiger partial charge in [0.15, 0.2) is 19.0 Å². The minimum atomic E-state index is -0.355. The number of carbonyl (C=O) groups excluding carboxylic acids is 3. The molecule has 8 heteroatoms. The zero-order chi connectivity index (χ0) is 23.1. The Hall–Kier alpha value is -3.39. The summed E-state index contributed by atoms with van der Waals surface area (Å²) in [6.07, 6.45) is 0. The Bertz CT molecular complexity index is 988. The number of ketones is 1. The smallest absolute Gasteiger partial charge is 0.265 e. The second-order valence-electron chi connectivity index (χ2n) is 7.70. The van der Waals surface area contributed by atoms with Crippen LogP contribution in [-0.4, -0.2) is 57.6 Å². The van der Waals surface area contributed by atoms with E-state index in [9.17, 15) is 14.4 Å². The largest absolute Gasteiger partial charge is 0.485 e. The van der Waals surface area contributed by atoms with E-state index in [4.69, 9.17) is 14.2 Å². The Labute approximate surface area is 187 Å². The number of nitrogens with zero attached hydrogens (tertiary/aromatic N) is 1. The average molecular weight is 440 g/mol. The first-order chi connectivity index (χ1) is 15.4. The van der Waals surface area contributed by atoms with Gasteiger partial charge in [0.25, 0.3) is 5.91 Å². The summed E-state index contributed by atoms with van der Waals surface area (Å²) in [5.41, 5.74) is 1.78. The predicted molar refractivity (Wildman–Crippen MR) is 120 cm³/mol. The topological polar surface area (TPSA) is 94.2 Å². The number of amides is 2. The first-order valence-electron chi connectivity index (χ1n) is 10.5. The molecular weight excluding hydrogens is 412 g/mol. The van der Waals surface area contributed by atoms with Gasteiger partial charge in [0.2, 0.25) is 5.91 Å². The molecule has 0 saturated heterocycles. The molecule has 32 heavy (non-hydrogen) atoms. The van der Waals surface area contributed by atoms with Gasteiger partial charge in [-0.15, -0.1) is 0 Å². The van der Waals surface area contributed by atoms with Crippen LogP contribution in [0.5, 0.6) is 11.5 Å². The minimum absolute atomic E-state index is 0.144.